The molecule has 0 amide bonds. The molecule has 1 saturated heterocycles. The molecule has 2 unspecified atom stereocenters. The summed E-state index contributed by atoms with van der Waals surface area (Å²) in [7, 11) is 0. The molecule has 3 heteroatoms. The van der Waals surface area contributed by atoms with Crippen molar-refractivity contribution in [2.45, 2.75) is 57.9 Å². The topological polar surface area (TPSA) is 38.5 Å². The Morgan fingerprint density at radius 2 is 1.80 bits per heavy atom. The molecule has 3 nitrogen and oxygen atoms in total. The fraction of sp³-hybridized carbons (Fsp3) is 0.647. The average molecular weight is 276 g/mol. The van der Waals surface area contributed by atoms with Gasteiger partial charge in [0.1, 0.15) is 0 Å². The van der Waals surface area contributed by atoms with Crippen LogP contribution < -0.4 is 5.73 Å². The van der Waals surface area contributed by atoms with Crippen molar-refractivity contribution in [2.75, 3.05) is 13.1 Å². The second-order valence-electron chi connectivity index (χ2n) is 6.09. The van der Waals surface area contributed by atoms with Gasteiger partial charge in [0.2, 0.25) is 0 Å². The van der Waals surface area contributed by atoms with Crippen molar-refractivity contribution in [3.8, 4) is 0 Å². The Hall–Kier alpha value is -0.900. The lowest BCUT2D eigenvalue weighted by molar-refractivity contribution is -0.104. The van der Waals surface area contributed by atoms with E-state index in [2.05, 4.69) is 56.0 Å². The molecule has 1 aliphatic heterocycles. The Balaban J connectivity index is 2.18. The van der Waals surface area contributed by atoms with Gasteiger partial charge in [0.25, 0.3) is 0 Å². The largest absolute Gasteiger partial charge is 0.375 e. The van der Waals surface area contributed by atoms with Crippen molar-refractivity contribution in [3.63, 3.8) is 0 Å². The molecule has 1 heterocycles. The second-order valence-corrected chi connectivity index (χ2v) is 6.09. The Bertz CT molecular complexity index is 397. The first-order valence-electron chi connectivity index (χ1n) is 7.74. The minimum Gasteiger partial charge on any atom is -0.375 e. The van der Waals surface area contributed by atoms with E-state index in [-0.39, 0.29) is 17.7 Å². The highest BCUT2D eigenvalue weighted by molar-refractivity contribution is 5.15. The summed E-state index contributed by atoms with van der Waals surface area (Å²) in [6.07, 6.45) is 2.61. The van der Waals surface area contributed by atoms with Crippen LogP contribution in [0.4, 0.5) is 0 Å². The highest BCUT2D eigenvalue weighted by Gasteiger charge is 2.41. The zero-order chi connectivity index (χ0) is 14.6. The highest BCUT2D eigenvalue weighted by Crippen LogP contribution is 2.34. The summed E-state index contributed by atoms with van der Waals surface area (Å²) in [5.74, 6) is 0. The fourth-order valence-corrected chi connectivity index (χ4v) is 3.62. The van der Waals surface area contributed by atoms with Crippen molar-refractivity contribution in [3.05, 3.63) is 35.9 Å². The van der Waals surface area contributed by atoms with Gasteiger partial charge in [0.05, 0.1) is 12.2 Å². The van der Waals surface area contributed by atoms with E-state index in [0.717, 1.165) is 25.9 Å². The Kier molecular flexibility index (Phi) is 5.19. The molecule has 1 aromatic carbocycles. The summed E-state index contributed by atoms with van der Waals surface area (Å²) < 4.78 is 5.91. The van der Waals surface area contributed by atoms with Gasteiger partial charge in [-0.05, 0) is 38.8 Å². The molecular formula is C17H28N2O. The van der Waals surface area contributed by atoms with Crippen molar-refractivity contribution in [1.82, 2.24) is 4.90 Å². The number of likely N-dealkylation sites (N-methyl/N-ethyl adjacent to an activating group) is 1. The predicted molar refractivity (Wildman–Crippen MR) is 83.6 cm³/mol. The van der Waals surface area contributed by atoms with Crippen LogP contribution in [0, 0.1) is 0 Å². The van der Waals surface area contributed by atoms with Crippen LogP contribution in [0.2, 0.25) is 0 Å². The van der Waals surface area contributed by atoms with Gasteiger partial charge in [0, 0.05) is 18.6 Å². The molecular weight excluding hydrogens is 248 g/mol. The summed E-state index contributed by atoms with van der Waals surface area (Å²) in [6.45, 7) is 9.24. The molecule has 0 bridgehead atoms. The van der Waals surface area contributed by atoms with E-state index in [0.29, 0.717) is 6.54 Å². The maximum absolute atomic E-state index is 6.20. The number of rotatable bonds is 5. The molecule has 1 aromatic rings. The molecule has 0 saturated carbocycles. The van der Waals surface area contributed by atoms with E-state index in [1.54, 1.807) is 0 Å². The standard InChI is InChI=1S/C17H28N2O/c1-4-19(12-16-8-6-5-7-9-16)17(13-18)10-14(2)20-15(3)11-17/h5-9,14-15H,4,10-13,18H2,1-3H3. The zero-order valence-electron chi connectivity index (χ0n) is 13.0. The smallest absolute Gasteiger partial charge is 0.0568 e. The summed E-state index contributed by atoms with van der Waals surface area (Å²) >= 11 is 0. The van der Waals surface area contributed by atoms with Crippen LogP contribution >= 0.6 is 0 Å². The molecule has 20 heavy (non-hydrogen) atoms. The minimum absolute atomic E-state index is 0.0711. The van der Waals surface area contributed by atoms with Crippen LogP contribution in [0.25, 0.3) is 0 Å². The number of hydrogen-bond donors (Lipinski definition) is 1. The summed E-state index contributed by atoms with van der Waals surface area (Å²) in [6, 6.07) is 10.7. The van der Waals surface area contributed by atoms with Crippen molar-refractivity contribution in [1.29, 1.82) is 0 Å². The number of hydrogen-bond acceptors (Lipinski definition) is 3. The Morgan fingerprint density at radius 3 is 2.30 bits per heavy atom. The van der Waals surface area contributed by atoms with Crippen LogP contribution in [-0.4, -0.2) is 35.7 Å². The van der Waals surface area contributed by atoms with Gasteiger partial charge in [-0.25, -0.2) is 0 Å². The van der Waals surface area contributed by atoms with Crippen LogP contribution in [0.3, 0.4) is 0 Å². The van der Waals surface area contributed by atoms with Crippen LogP contribution in [0.5, 0.6) is 0 Å². The Morgan fingerprint density at radius 1 is 1.20 bits per heavy atom. The third-order valence-corrected chi connectivity index (χ3v) is 4.45. The lowest BCUT2D eigenvalue weighted by Crippen LogP contribution is -2.59. The van der Waals surface area contributed by atoms with Gasteiger partial charge < -0.3 is 10.5 Å². The van der Waals surface area contributed by atoms with E-state index >= 15 is 0 Å². The molecule has 0 radical (unpaired) electrons. The van der Waals surface area contributed by atoms with Gasteiger partial charge >= 0.3 is 0 Å². The van der Waals surface area contributed by atoms with Crippen LogP contribution in [0.15, 0.2) is 30.3 Å². The van der Waals surface area contributed by atoms with Gasteiger partial charge in [-0.15, -0.1) is 0 Å². The lowest BCUT2D eigenvalue weighted by atomic mass is 9.82. The highest BCUT2D eigenvalue weighted by atomic mass is 16.5. The summed E-state index contributed by atoms with van der Waals surface area (Å²) in [5.41, 5.74) is 7.62. The summed E-state index contributed by atoms with van der Waals surface area (Å²) in [4.78, 5) is 2.54. The van der Waals surface area contributed by atoms with E-state index in [1.807, 2.05) is 0 Å². The van der Waals surface area contributed by atoms with E-state index < -0.39 is 0 Å². The number of ether oxygens (including phenoxy) is 1. The summed E-state index contributed by atoms with van der Waals surface area (Å²) in [5, 5.41) is 0. The second kappa shape index (κ2) is 6.70. The molecule has 1 fully saturated rings. The fourth-order valence-electron chi connectivity index (χ4n) is 3.62. The monoisotopic (exact) mass is 276 g/mol. The van der Waals surface area contributed by atoms with E-state index in [1.165, 1.54) is 5.56 Å². The quantitative estimate of drug-likeness (QED) is 0.898. The van der Waals surface area contributed by atoms with E-state index in [4.69, 9.17) is 10.5 Å². The lowest BCUT2D eigenvalue weighted by Gasteiger charge is -2.49. The number of nitrogens with zero attached hydrogens (tertiary/aromatic N) is 1. The van der Waals surface area contributed by atoms with Crippen molar-refractivity contribution < 1.29 is 4.74 Å². The molecule has 2 N–H and O–H groups in total. The average Bonchev–Trinajstić information content (AvgIpc) is 2.44. The molecule has 0 spiro atoms. The van der Waals surface area contributed by atoms with Crippen LogP contribution in [-0.2, 0) is 11.3 Å². The number of benzene rings is 1. The number of nitrogens with two attached hydrogens (primary N) is 1. The van der Waals surface area contributed by atoms with Crippen molar-refractivity contribution >= 4 is 0 Å². The molecule has 1 aliphatic rings. The molecule has 112 valence electrons. The molecule has 2 rings (SSSR count). The van der Waals surface area contributed by atoms with Gasteiger partial charge in [-0.1, -0.05) is 37.3 Å². The molecule has 0 aliphatic carbocycles. The first-order valence-corrected chi connectivity index (χ1v) is 7.74. The Labute approximate surface area is 123 Å². The van der Waals surface area contributed by atoms with Gasteiger partial charge in [-0.2, -0.15) is 0 Å². The molecule has 2 atom stereocenters. The maximum atomic E-state index is 6.20. The third-order valence-electron chi connectivity index (χ3n) is 4.45. The first kappa shape index (κ1) is 15.5. The normalized spacial score (nSPS) is 30.6. The minimum atomic E-state index is 0.0711. The van der Waals surface area contributed by atoms with Gasteiger partial charge in [0.15, 0.2) is 0 Å². The van der Waals surface area contributed by atoms with Crippen LogP contribution in [0.1, 0.15) is 39.2 Å². The van der Waals surface area contributed by atoms with E-state index in [9.17, 15) is 0 Å². The maximum Gasteiger partial charge on any atom is 0.0568 e. The molecule has 0 aromatic heterocycles. The predicted octanol–water partition coefficient (Wildman–Crippen LogP) is 2.79. The zero-order valence-corrected chi connectivity index (χ0v) is 13.0. The van der Waals surface area contributed by atoms with Gasteiger partial charge in [-0.3, -0.25) is 4.90 Å². The SMILES string of the molecule is CCN(Cc1ccccc1)C1(CN)CC(C)OC(C)C1. The van der Waals surface area contributed by atoms with Crippen molar-refractivity contribution in [2.24, 2.45) is 5.73 Å². The first-order chi connectivity index (χ1) is 9.59. The third kappa shape index (κ3) is 3.40.